The van der Waals surface area contributed by atoms with Gasteiger partial charge in [-0.25, -0.2) is 4.39 Å². The van der Waals surface area contributed by atoms with Crippen LogP contribution in [0.2, 0.25) is 0 Å². The molecule has 0 bridgehead atoms. The Kier molecular flexibility index (Phi) is 8.45. The monoisotopic (exact) mass is 596 g/mol. The van der Waals surface area contributed by atoms with Crippen LogP contribution >= 0.6 is 0 Å². The van der Waals surface area contributed by atoms with Crippen LogP contribution in [-0.4, -0.2) is 93.4 Å². The third-order valence-electron chi connectivity index (χ3n) is 7.82. The Morgan fingerprint density at radius 2 is 1.85 bits per heavy atom. The van der Waals surface area contributed by atoms with E-state index in [0.717, 1.165) is 0 Å². The Morgan fingerprint density at radius 3 is 2.49 bits per heavy atom. The number of aliphatic hydroxyl groups excluding tert-OH is 2. The summed E-state index contributed by atoms with van der Waals surface area (Å²) in [4.78, 5) is 39.7. The number of alkyl halides is 1. The van der Waals surface area contributed by atoms with Crippen molar-refractivity contribution in [1.29, 1.82) is 0 Å². The van der Waals surface area contributed by atoms with E-state index in [1.165, 1.54) is 25.3 Å². The number of methoxy groups -OCH3 is 1. The molecule has 5 rings (SSSR count). The van der Waals surface area contributed by atoms with Crippen LogP contribution in [0.5, 0.6) is 17.2 Å². The minimum atomic E-state index is -2.32. The first-order valence-corrected chi connectivity index (χ1v) is 12.5. The van der Waals surface area contributed by atoms with Crippen LogP contribution in [0, 0.1) is 0 Å². The van der Waals surface area contributed by atoms with Crippen molar-refractivity contribution in [2.75, 3.05) is 20.4 Å². The van der Waals surface area contributed by atoms with Crippen molar-refractivity contribution < 1.29 is 70.9 Å². The zero-order valence-corrected chi connectivity index (χ0v) is 22.4. The molecule has 0 aromatic heterocycles. The third kappa shape index (κ3) is 4.77. The molecule has 3 aliphatic rings. The largest absolute Gasteiger partial charge is 1.00 e. The SMILES string of the molecule is COc1cccc2c1C(=O)c1c(O)c3c(c(O)c1C2=O)C[C@@](O)(C(=O)CO)C[C@@H]3OC1C[C@@H](N)[C@@H](O)[C@@H](CF)O1.[Cl-]. The molecule has 1 aliphatic heterocycles. The van der Waals surface area contributed by atoms with E-state index in [0.29, 0.717) is 0 Å². The lowest BCUT2D eigenvalue weighted by Gasteiger charge is -2.42. The lowest BCUT2D eigenvalue weighted by Crippen LogP contribution is -3.00. The number of phenols is 2. The van der Waals surface area contributed by atoms with Crippen molar-refractivity contribution in [3.63, 3.8) is 0 Å². The summed E-state index contributed by atoms with van der Waals surface area (Å²) in [5.41, 5.74) is 1.87. The number of carbonyl (C=O) groups excluding carboxylic acids is 3. The molecule has 1 unspecified atom stereocenters. The highest BCUT2D eigenvalue weighted by Crippen LogP contribution is 2.52. The minimum Gasteiger partial charge on any atom is -1.00 e. The van der Waals surface area contributed by atoms with Crippen molar-refractivity contribution in [2.45, 2.75) is 55.5 Å². The van der Waals surface area contributed by atoms with E-state index < -0.39 is 102 Å². The van der Waals surface area contributed by atoms with Crippen molar-refractivity contribution in [3.8, 4) is 17.2 Å². The molecular weight excluding hydrogens is 569 g/mol. The number of carbonyl (C=O) groups is 3. The Bertz CT molecular complexity index is 1420. The van der Waals surface area contributed by atoms with Crippen LogP contribution in [0.4, 0.5) is 4.39 Å². The second-order valence-electron chi connectivity index (χ2n) is 10.1. The maximum atomic E-state index is 13.6. The maximum Gasteiger partial charge on any atom is 0.202 e. The Balaban J connectivity index is 0.00000387. The quantitative estimate of drug-likeness (QED) is 0.157. The molecule has 7 N–H and O–H groups in total. The molecule has 6 atom stereocenters. The molecule has 1 fully saturated rings. The molecule has 1 heterocycles. The van der Waals surface area contributed by atoms with Gasteiger partial charge in [-0.1, -0.05) is 12.1 Å². The molecule has 0 saturated carbocycles. The summed E-state index contributed by atoms with van der Waals surface area (Å²) >= 11 is 0. The first-order chi connectivity index (χ1) is 19.0. The van der Waals surface area contributed by atoms with E-state index in [1.807, 2.05) is 0 Å². The van der Waals surface area contributed by atoms with Gasteiger partial charge in [-0.2, -0.15) is 0 Å². The summed E-state index contributed by atoms with van der Waals surface area (Å²) < 4.78 is 30.1. The third-order valence-corrected chi connectivity index (χ3v) is 7.82. The summed E-state index contributed by atoms with van der Waals surface area (Å²) in [7, 11) is 1.30. The van der Waals surface area contributed by atoms with Crippen molar-refractivity contribution in [1.82, 2.24) is 0 Å². The first kappa shape index (κ1) is 30.8. The summed E-state index contributed by atoms with van der Waals surface area (Å²) in [6.07, 6.45) is -6.77. The highest BCUT2D eigenvalue weighted by Gasteiger charge is 2.50. The van der Waals surface area contributed by atoms with Gasteiger partial charge in [-0.05, 0) is 6.07 Å². The van der Waals surface area contributed by atoms with E-state index in [2.05, 4.69) is 0 Å². The highest BCUT2D eigenvalue weighted by atomic mass is 35.5. The molecule has 1 saturated heterocycles. The van der Waals surface area contributed by atoms with Gasteiger partial charge in [-0.3, -0.25) is 14.4 Å². The van der Waals surface area contributed by atoms with Gasteiger partial charge in [0.25, 0.3) is 0 Å². The average Bonchev–Trinajstić information content (AvgIpc) is 2.94. The van der Waals surface area contributed by atoms with E-state index in [1.54, 1.807) is 0 Å². The standard InChI is InChI=1S/C27H28FNO11.ClH/c1-38-13-4-2-3-10-18(13)25(35)21-20(22(10)32)23(33)11-6-27(37,16(31)9-30)7-14(19(11)26(21)36)39-17-5-12(29)24(34)15(8-28)40-17;/h2-4,12,14-15,17,24,30,33-34,36-37H,5-9,29H2,1H3;1H/p-1/t12-,14+,15-,17?,24-,27+;/m1./s1. The number of rotatable bonds is 6. The summed E-state index contributed by atoms with van der Waals surface area (Å²) in [6.45, 7) is -2.16. The van der Waals surface area contributed by atoms with Crippen LogP contribution < -0.4 is 22.9 Å². The molecule has 0 spiro atoms. The normalized spacial score (nSPS) is 28.7. The molecule has 0 amide bonds. The fourth-order valence-corrected chi connectivity index (χ4v) is 5.76. The zero-order chi connectivity index (χ0) is 29.1. The van der Waals surface area contributed by atoms with E-state index in [9.17, 15) is 44.3 Å². The van der Waals surface area contributed by atoms with Gasteiger partial charge in [0.05, 0.1) is 36.0 Å². The number of halogens is 2. The Hall–Kier alpha value is -3.17. The number of fused-ring (bicyclic) bond motifs is 3. The highest BCUT2D eigenvalue weighted by molar-refractivity contribution is 6.31. The molecule has 222 valence electrons. The van der Waals surface area contributed by atoms with Crippen molar-refractivity contribution >= 4 is 17.3 Å². The van der Waals surface area contributed by atoms with Crippen LogP contribution in [0.3, 0.4) is 0 Å². The zero-order valence-electron chi connectivity index (χ0n) is 21.7. The van der Waals surface area contributed by atoms with Gasteiger partial charge in [0.1, 0.15) is 42.2 Å². The summed E-state index contributed by atoms with van der Waals surface area (Å²) in [5.74, 6) is -4.08. The van der Waals surface area contributed by atoms with E-state index in [4.69, 9.17) is 19.9 Å². The lowest BCUT2D eigenvalue weighted by atomic mass is 9.72. The van der Waals surface area contributed by atoms with Crippen molar-refractivity contribution in [3.05, 3.63) is 51.6 Å². The summed E-state index contributed by atoms with van der Waals surface area (Å²) in [6, 6.07) is 3.32. The number of aromatic hydroxyl groups is 2. The van der Waals surface area contributed by atoms with Crippen LogP contribution in [0.15, 0.2) is 18.2 Å². The van der Waals surface area contributed by atoms with Gasteiger partial charge in [0, 0.05) is 42.0 Å². The first-order valence-electron chi connectivity index (χ1n) is 12.5. The van der Waals surface area contributed by atoms with E-state index >= 15 is 0 Å². The number of phenolic OH excluding ortho intramolecular Hbond substituents is 2. The second-order valence-corrected chi connectivity index (χ2v) is 10.1. The number of ketones is 3. The van der Waals surface area contributed by atoms with Gasteiger partial charge in [0.15, 0.2) is 17.9 Å². The smallest absolute Gasteiger partial charge is 0.202 e. The fraction of sp³-hybridized carbons (Fsp3) is 0.444. The fourth-order valence-electron chi connectivity index (χ4n) is 5.76. The Morgan fingerprint density at radius 1 is 1.17 bits per heavy atom. The molecule has 0 radical (unpaired) electrons. The topological polar surface area (TPSA) is 206 Å². The van der Waals surface area contributed by atoms with Gasteiger partial charge in [0.2, 0.25) is 5.78 Å². The molecule has 2 aromatic rings. The predicted octanol–water partition coefficient (Wildman–Crippen LogP) is -3.05. The number of Topliss-reactive ketones (excluding diaryl/α,β-unsaturated/α-hetero) is 1. The van der Waals surface area contributed by atoms with Crippen LogP contribution in [-0.2, 0) is 20.7 Å². The number of hydrogen-bond acceptors (Lipinski definition) is 12. The molecule has 14 heteroatoms. The van der Waals surface area contributed by atoms with Gasteiger partial charge in [-0.15, -0.1) is 0 Å². The Labute approximate surface area is 238 Å². The van der Waals surface area contributed by atoms with Gasteiger partial charge >= 0.3 is 0 Å². The number of hydrogen-bond donors (Lipinski definition) is 6. The number of aliphatic hydroxyl groups is 3. The number of ether oxygens (including phenoxy) is 3. The molecule has 2 aliphatic carbocycles. The number of nitrogens with two attached hydrogens (primary N) is 1. The minimum absolute atomic E-state index is 0. The summed E-state index contributed by atoms with van der Waals surface area (Å²) in [5, 5.41) is 53.6. The van der Waals surface area contributed by atoms with Crippen LogP contribution in [0.25, 0.3) is 0 Å². The van der Waals surface area contributed by atoms with E-state index in [-0.39, 0.29) is 46.8 Å². The molecule has 2 aromatic carbocycles. The van der Waals surface area contributed by atoms with Crippen LogP contribution in [0.1, 0.15) is 61.9 Å². The second kappa shape index (κ2) is 11.2. The molecule has 41 heavy (non-hydrogen) atoms. The lowest BCUT2D eigenvalue weighted by molar-refractivity contribution is -0.253. The molecular formula is C27H28ClFNO11-. The number of benzene rings is 2. The predicted molar refractivity (Wildman–Crippen MR) is 132 cm³/mol. The average molecular weight is 597 g/mol. The maximum absolute atomic E-state index is 13.6. The van der Waals surface area contributed by atoms with Crippen molar-refractivity contribution in [2.24, 2.45) is 5.73 Å². The van der Waals surface area contributed by atoms with Gasteiger partial charge < -0.3 is 57.9 Å². The molecule has 12 nitrogen and oxygen atoms in total.